The summed E-state index contributed by atoms with van der Waals surface area (Å²) in [6.45, 7) is 0. The summed E-state index contributed by atoms with van der Waals surface area (Å²) in [6.07, 6.45) is -3.94. The lowest BCUT2D eigenvalue weighted by atomic mass is 10.2. The van der Waals surface area contributed by atoms with Crippen molar-refractivity contribution in [2.45, 2.75) is 19.0 Å². The Morgan fingerprint density at radius 1 is 1.46 bits per heavy atom. The molecule has 0 spiro atoms. The second-order valence-corrected chi connectivity index (χ2v) is 2.50. The Hall–Kier alpha value is -1.26. The quantitative estimate of drug-likeness (QED) is 0.735. The summed E-state index contributed by atoms with van der Waals surface area (Å²) in [7, 11) is 0. The molecule has 0 aliphatic carbocycles. The second kappa shape index (κ2) is 3.64. The van der Waals surface area contributed by atoms with E-state index in [2.05, 4.69) is 0 Å². The molecule has 0 unspecified atom stereocenters. The van der Waals surface area contributed by atoms with Crippen LogP contribution in [0.25, 0.3) is 0 Å². The van der Waals surface area contributed by atoms with Crippen molar-refractivity contribution < 1.29 is 22.4 Å². The molecule has 0 saturated carbocycles. The van der Waals surface area contributed by atoms with Gasteiger partial charge < -0.3 is 4.42 Å². The van der Waals surface area contributed by atoms with Gasteiger partial charge in [0.15, 0.2) is 0 Å². The maximum Gasteiger partial charge on any atom is 0.449 e. The minimum Gasteiger partial charge on any atom is -0.469 e. The predicted molar refractivity (Wildman–Crippen MR) is 38.1 cm³/mol. The molecule has 0 saturated heterocycles. The van der Waals surface area contributed by atoms with Crippen LogP contribution in [-0.2, 0) is 11.2 Å². The average molecular weight is 192 g/mol. The van der Waals surface area contributed by atoms with Gasteiger partial charge in [0, 0.05) is 12.8 Å². The summed E-state index contributed by atoms with van der Waals surface area (Å²) in [5.41, 5.74) is 0. The molecule has 13 heavy (non-hydrogen) atoms. The molecule has 0 aromatic carbocycles. The number of rotatable bonds is 3. The molecule has 0 atom stereocenters. The van der Waals surface area contributed by atoms with E-state index in [9.17, 15) is 18.0 Å². The Morgan fingerprint density at radius 2 is 2.15 bits per heavy atom. The number of Topliss-reactive ketones (excluding diaryl/α,β-unsaturated/α-hetero) is 1. The number of aryl methyl sites for hydroxylation is 1. The first-order valence-corrected chi connectivity index (χ1v) is 3.62. The largest absolute Gasteiger partial charge is 0.469 e. The third-order valence-electron chi connectivity index (χ3n) is 1.49. The summed E-state index contributed by atoms with van der Waals surface area (Å²) < 4.78 is 39.9. The Balaban J connectivity index is 2.40. The number of hydrogen-bond acceptors (Lipinski definition) is 2. The standard InChI is InChI=1S/C8H7F3O2/c9-8(10,11)7(12)4-3-6-2-1-5-13-6/h1-2,5H,3-4H2. The topological polar surface area (TPSA) is 30.2 Å². The number of alkyl halides is 3. The molecule has 0 N–H and O–H groups in total. The maximum absolute atomic E-state index is 11.7. The Bertz CT molecular complexity index is 274. The normalized spacial score (nSPS) is 11.6. The summed E-state index contributed by atoms with van der Waals surface area (Å²) in [5, 5.41) is 0. The van der Waals surface area contributed by atoms with Gasteiger partial charge in [-0.2, -0.15) is 13.2 Å². The van der Waals surface area contributed by atoms with Crippen molar-refractivity contribution in [3.63, 3.8) is 0 Å². The van der Waals surface area contributed by atoms with Crippen molar-refractivity contribution in [2.24, 2.45) is 0 Å². The molecule has 0 aliphatic heterocycles. The number of carbonyl (C=O) groups is 1. The highest BCUT2D eigenvalue weighted by Gasteiger charge is 2.37. The van der Waals surface area contributed by atoms with Gasteiger partial charge in [0.1, 0.15) is 5.76 Å². The molecule has 5 heteroatoms. The molecule has 0 fully saturated rings. The van der Waals surface area contributed by atoms with Crippen LogP contribution in [0, 0.1) is 0 Å². The van der Waals surface area contributed by atoms with Crippen LogP contribution in [0.4, 0.5) is 13.2 Å². The molecule has 0 bridgehead atoms. The molecule has 1 aromatic rings. The fourth-order valence-corrected chi connectivity index (χ4v) is 0.833. The van der Waals surface area contributed by atoms with Gasteiger partial charge in [0.05, 0.1) is 6.26 Å². The van der Waals surface area contributed by atoms with Crippen LogP contribution in [-0.4, -0.2) is 12.0 Å². The molecule has 0 radical (unpaired) electrons. The van der Waals surface area contributed by atoms with Crippen molar-refractivity contribution in [3.05, 3.63) is 24.2 Å². The first kappa shape index (κ1) is 9.83. The maximum atomic E-state index is 11.7. The Labute approximate surface area is 72.3 Å². The van der Waals surface area contributed by atoms with E-state index in [4.69, 9.17) is 4.42 Å². The molecule has 1 aromatic heterocycles. The zero-order valence-electron chi connectivity index (χ0n) is 6.60. The summed E-state index contributed by atoms with van der Waals surface area (Å²) in [4.78, 5) is 10.4. The second-order valence-electron chi connectivity index (χ2n) is 2.50. The van der Waals surface area contributed by atoms with Crippen molar-refractivity contribution in [2.75, 3.05) is 0 Å². The van der Waals surface area contributed by atoms with Crippen molar-refractivity contribution in [1.29, 1.82) is 0 Å². The number of hydrogen-bond donors (Lipinski definition) is 0. The van der Waals surface area contributed by atoms with Crippen LogP contribution in [0.1, 0.15) is 12.2 Å². The van der Waals surface area contributed by atoms with E-state index in [1.54, 1.807) is 6.07 Å². The zero-order valence-corrected chi connectivity index (χ0v) is 6.60. The smallest absolute Gasteiger partial charge is 0.449 e. The van der Waals surface area contributed by atoms with Gasteiger partial charge in [0.2, 0.25) is 5.78 Å². The molecule has 0 aliphatic rings. The molecule has 0 amide bonds. The number of ketones is 1. The van der Waals surface area contributed by atoms with E-state index in [1.165, 1.54) is 12.3 Å². The summed E-state index contributed by atoms with van der Waals surface area (Å²) >= 11 is 0. The number of carbonyl (C=O) groups excluding carboxylic acids is 1. The van der Waals surface area contributed by atoms with Crippen LogP contribution in [0.3, 0.4) is 0 Å². The lowest BCUT2D eigenvalue weighted by Gasteiger charge is -2.02. The molecule has 2 nitrogen and oxygen atoms in total. The molecule has 1 rings (SSSR count). The first-order valence-electron chi connectivity index (χ1n) is 3.62. The van der Waals surface area contributed by atoms with E-state index in [0.717, 1.165) is 0 Å². The zero-order chi connectivity index (χ0) is 9.90. The van der Waals surface area contributed by atoms with Crippen LogP contribution in [0.15, 0.2) is 22.8 Å². The fraction of sp³-hybridized carbons (Fsp3) is 0.375. The van der Waals surface area contributed by atoms with Crippen LogP contribution in [0.2, 0.25) is 0 Å². The minimum atomic E-state index is -4.73. The van der Waals surface area contributed by atoms with Crippen LogP contribution in [0.5, 0.6) is 0 Å². The van der Waals surface area contributed by atoms with Crippen LogP contribution >= 0.6 is 0 Å². The summed E-state index contributed by atoms with van der Waals surface area (Å²) in [6, 6.07) is 3.09. The average Bonchev–Trinajstić information content (AvgIpc) is 2.50. The highest BCUT2D eigenvalue weighted by atomic mass is 19.4. The van der Waals surface area contributed by atoms with Gasteiger partial charge in [-0.25, -0.2) is 0 Å². The van der Waals surface area contributed by atoms with E-state index in [-0.39, 0.29) is 6.42 Å². The SMILES string of the molecule is O=C(CCc1ccco1)C(F)(F)F. The van der Waals surface area contributed by atoms with Crippen LogP contribution < -0.4 is 0 Å². The fourth-order valence-electron chi connectivity index (χ4n) is 0.833. The van der Waals surface area contributed by atoms with E-state index < -0.39 is 18.4 Å². The van der Waals surface area contributed by atoms with E-state index in [0.29, 0.717) is 5.76 Å². The van der Waals surface area contributed by atoms with Gasteiger partial charge in [-0.15, -0.1) is 0 Å². The summed E-state index contributed by atoms with van der Waals surface area (Å²) in [5.74, 6) is -1.33. The number of furan rings is 1. The van der Waals surface area contributed by atoms with Gasteiger partial charge in [-0.3, -0.25) is 4.79 Å². The highest BCUT2D eigenvalue weighted by Crippen LogP contribution is 2.19. The molecule has 1 heterocycles. The third kappa shape index (κ3) is 2.93. The monoisotopic (exact) mass is 192 g/mol. The lowest BCUT2D eigenvalue weighted by Crippen LogP contribution is -2.22. The lowest BCUT2D eigenvalue weighted by molar-refractivity contribution is -0.171. The highest BCUT2D eigenvalue weighted by molar-refractivity contribution is 5.84. The Morgan fingerprint density at radius 3 is 2.62 bits per heavy atom. The van der Waals surface area contributed by atoms with E-state index in [1.807, 2.05) is 0 Å². The predicted octanol–water partition coefficient (Wildman–Crippen LogP) is 2.34. The Kier molecular flexibility index (Phi) is 2.75. The molecule has 72 valence electrons. The number of halogens is 3. The van der Waals surface area contributed by atoms with Gasteiger partial charge >= 0.3 is 6.18 Å². The minimum absolute atomic E-state index is 0.00859. The third-order valence-corrected chi connectivity index (χ3v) is 1.49. The van der Waals surface area contributed by atoms with Gasteiger partial charge in [-0.1, -0.05) is 0 Å². The van der Waals surface area contributed by atoms with Crippen molar-refractivity contribution in [3.8, 4) is 0 Å². The van der Waals surface area contributed by atoms with Crippen molar-refractivity contribution in [1.82, 2.24) is 0 Å². The van der Waals surface area contributed by atoms with Crippen molar-refractivity contribution >= 4 is 5.78 Å². The van der Waals surface area contributed by atoms with Gasteiger partial charge in [-0.05, 0) is 12.1 Å². The first-order chi connectivity index (χ1) is 6.00. The molecular formula is C8H7F3O2. The molecular weight excluding hydrogens is 185 g/mol. The van der Waals surface area contributed by atoms with Gasteiger partial charge in [0.25, 0.3) is 0 Å². The van der Waals surface area contributed by atoms with E-state index >= 15 is 0 Å².